The number of rotatable bonds is 2. The third-order valence-electron chi connectivity index (χ3n) is 4.18. The van der Waals surface area contributed by atoms with E-state index >= 15 is 0 Å². The van der Waals surface area contributed by atoms with Crippen molar-refractivity contribution in [2.45, 2.75) is 25.7 Å². The first-order valence-corrected chi connectivity index (χ1v) is 6.84. The van der Waals surface area contributed by atoms with Crippen molar-refractivity contribution in [2.75, 3.05) is 33.2 Å². The Labute approximate surface area is 108 Å². The SMILES string of the molecule is CN1CCCC(C(=O)N2CCC(C(N)=O)CC2)C1. The van der Waals surface area contributed by atoms with Crippen LogP contribution < -0.4 is 5.73 Å². The monoisotopic (exact) mass is 253 g/mol. The predicted molar refractivity (Wildman–Crippen MR) is 68.7 cm³/mol. The average Bonchev–Trinajstić information content (AvgIpc) is 2.38. The predicted octanol–water partition coefficient (Wildman–Crippen LogP) is 0.0521. The molecule has 0 aliphatic carbocycles. The second kappa shape index (κ2) is 5.69. The molecule has 2 aliphatic rings. The molecule has 2 aliphatic heterocycles. The number of nitrogens with two attached hydrogens (primary N) is 1. The molecule has 5 heteroatoms. The summed E-state index contributed by atoms with van der Waals surface area (Å²) in [6.07, 6.45) is 3.55. The van der Waals surface area contributed by atoms with Crippen molar-refractivity contribution in [3.05, 3.63) is 0 Å². The highest BCUT2D eigenvalue weighted by atomic mass is 16.2. The number of hydrogen-bond donors (Lipinski definition) is 1. The number of nitrogens with zero attached hydrogens (tertiary/aromatic N) is 2. The molecule has 2 fully saturated rings. The number of primary amides is 1. The second-order valence-electron chi connectivity index (χ2n) is 5.60. The summed E-state index contributed by atoms with van der Waals surface area (Å²) in [4.78, 5) is 27.6. The van der Waals surface area contributed by atoms with Gasteiger partial charge in [0.15, 0.2) is 0 Å². The Hall–Kier alpha value is -1.10. The molecule has 2 N–H and O–H groups in total. The van der Waals surface area contributed by atoms with E-state index in [1.807, 2.05) is 4.90 Å². The maximum Gasteiger partial charge on any atom is 0.226 e. The fourth-order valence-electron chi connectivity index (χ4n) is 3.01. The Morgan fingerprint density at radius 2 is 1.72 bits per heavy atom. The average molecular weight is 253 g/mol. The normalized spacial score (nSPS) is 27.2. The van der Waals surface area contributed by atoms with Gasteiger partial charge in [0, 0.05) is 25.6 Å². The van der Waals surface area contributed by atoms with Crippen LogP contribution in [0.5, 0.6) is 0 Å². The molecule has 0 saturated carbocycles. The lowest BCUT2D eigenvalue weighted by atomic mass is 9.92. The van der Waals surface area contributed by atoms with Crippen molar-refractivity contribution < 1.29 is 9.59 Å². The first-order chi connectivity index (χ1) is 8.58. The van der Waals surface area contributed by atoms with E-state index in [2.05, 4.69) is 11.9 Å². The van der Waals surface area contributed by atoms with E-state index in [1.165, 1.54) is 0 Å². The number of hydrogen-bond acceptors (Lipinski definition) is 3. The van der Waals surface area contributed by atoms with Gasteiger partial charge in [-0.25, -0.2) is 0 Å². The van der Waals surface area contributed by atoms with Crippen molar-refractivity contribution in [1.82, 2.24) is 9.80 Å². The third-order valence-corrected chi connectivity index (χ3v) is 4.18. The molecule has 0 aromatic rings. The molecule has 0 aromatic heterocycles. The molecule has 2 rings (SSSR count). The molecule has 2 saturated heterocycles. The molecule has 1 atom stereocenters. The smallest absolute Gasteiger partial charge is 0.226 e. The lowest BCUT2D eigenvalue weighted by molar-refractivity contribution is -0.140. The molecule has 0 spiro atoms. The molecule has 5 nitrogen and oxygen atoms in total. The van der Waals surface area contributed by atoms with E-state index in [4.69, 9.17) is 5.73 Å². The van der Waals surface area contributed by atoms with Crippen molar-refractivity contribution in [3.63, 3.8) is 0 Å². The van der Waals surface area contributed by atoms with E-state index in [1.54, 1.807) is 0 Å². The number of piperidine rings is 2. The maximum absolute atomic E-state index is 12.4. The third kappa shape index (κ3) is 3.02. The van der Waals surface area contributed by atoms with Crippen LogP contribution in [0.4, 0.5) is 0 Å². The van der Waals surface area contributed by atoms with E-state index in [0.29, 0.717) is 13.1 Å². The van der Waals surface area contributed by atoms with Crippen LogP contribution in [0.2, 0.25) is 0 Å². The molecule has 0 aromatic carbocycles. The van der Waals surface area contributed by atoms with Gasteiger partial charge in [-0.15, -0.1) is 0 Å². The summed E-state index contributed by atoms with van der Waals surface area (Å²) in [5.74, 6) is 0.154. The van der Waals surface area contributed by atoms with Crippen LogP contribution in [0.1, 0.15) is 25.7 Å². The van der Waals surface area contributed by atoms with Gasteiger partial charge in [-0.2, -0.15) is 0 Å². The minimum absolute atomic E-state index is 0.0388. The van der Waals surface area contributed by atoms with Crippen LogP contribution in [0.15, 0.2) is 0 Å². The van der Waals surface area contributed by atoms with E-state index in [-0.39, 0.29) is 23.7 Å². The van der Waals surface area contributed by atoms with Gasteiger partial charge in [0.25, 0.3) is 0 Å². The topological polar surface area (TPSA) is 66.6 Å². The zero-order valence-electron chi connectivity index (χ0n) is 11.1. The highest BCUT2D eigenvalue weighted by Gasteiger charge is 2.31. The summed E-state index contributed by atoms with van der Waals surface area (Å²) >= 11 is 0. The lowest BCUT2D eigenvalue weighted by Crippen LogP contribution is -2.47. The minimum Gasteiger partial charge on any atom is -0.369 e. The second-order valence-corrected chi connectivity index (χ2v) is 5.60. The molecule has 0 radical (unpaired) electrons. The minimum atomic E-state index is -0.223. The van der Waals surface area contributed by atoms with Gasteiger partial charge in [0.05, 0.1) is 5.92 Å². The fraction of sp³-hybridized carbons (Fsp3) is 0.846. The van der Waals surface area contributed by atoms with Gasteiger partial charge in [-0.1, -0.05) is 0 Å². The number of likely N-dealkylation sites (tertiary alicyclic amines) is 2. The Kier molecular flexibility index (Phi) is 4.22. The number of carbonyl (C=O) groups excluding carboxylic acids is 2. The van der Waals surface area contributed by atoms with Crippen molar-refractivity contribution in [3.8, 4) is 0 Å². The Balaban J connectivity index is 1.85. The molecule has 18 heavy (non-hydrogen) atoms. The largest absolute Gasteiger partial charge is 0.369 e. The molecule has 2 heterocycles. The Bertz CT molecular complexity index is 324. The Morgan fingerprint density at radius 1 is 1.06 bits per heavy atom. The highest BCUT2D eigenvalue weighted by Crippen LogP contribution is 2.22. The van der Waals surface area contributed by atoms with Gasteiger partial charge in [-0.3, -0.25) is 9.59 Å². The molecule has 102 valence electrons. The van der Waals surface area contributed by atoms with Crippen molar-refractivity contribution in [1.29, 1.82) is 0 Å². The standard InChI is InChI=1S/C13H23N3O2/c1-15-6-2-3-11(9-15)13(18)16-7-4-10(5-8-16)12(14)17/h10-11H,2-9H2,1H3,(H2,14,17). The van der Waals surface area contributed by atoms with Crippen LogP contribution in [0, 0.1) is 11.8 Å². The first kappa shape index (κ1) is 13.3. The zero-order chi connectivity index (χ0) is 13.1. The van der Waals surface area contributed by atoms with E-state index in [9.17, 15) is 9.59 Å². The summed E-state index contributed by atoms with van der Waals surface area (Å²) in [5, 5.41) is 0. The summed E-state index contributed by atoms with van der Waals surface area (Å²) in [7, 11) is 2.07. The quantitative estimate of drug-likeness (QED) is 0.756. The lowest BCUT2D eigenvalue weighted by Gasteiger charge is -2.36. The van der Waals surface area contributed by atoms with Crippen molar-refractivity contribution >= 4 is 11.8 Å². The molecule has 2 amide bonds. The molecular formula is C13H23N3O2. The van der Waals surface area contributed by atoms with Gasteiger partial charge in [0.1, 0.15) is 0 Å². The van der Waals surface area contributed by atoms with E-state index < -0.39 is 0 Å². The maximum atomic E-state index is 12.4. The summed E-state index contributed by atoms with van der Waals surface area (Å²) in [6, 6.07) is 0. The zero-order valence-corrected chi connectivity index (χ0v) is 11.1. The molecular weight excluding hydrogens is 230 g/mol. The highest BCUT2D eigenvalue weighted by molar-refractivity contribution is 5.80. The molecule has 1 unspecified atom stereocenters. The fourth-order valence-corrected chi connectivity index (χ4v) is 3.01. The molecule has 0 bridgehead atoms. The first-order valence-electron chi connectivity index (χ1n) is 6.84. The summed E-state index contributed by atoms with van der Waals surface area (Å²) in [5.41, 5.74) is 5.30. The van der Waals surface area contributed by atoms with E-state index in [0.717, 1.165) is 38.8 Å². The number of amides is 2. The van der Waals surface area contributed by atoms with Crippen LogP contribution in [0.25, 0.3) is 0 Å². The van der Waals surface area contributed by atoms with Crippen LogP contribution in [0.3, 0.4) is 0 Å². The summed E-state index contributed by atoms with van der Waals surface area (Å²) < 4.78 is 0. The Morgan fingerprint density at radius 3 is 2.28 bits per heavy atom. The van der Waals surface area contributed by atoms with Gasteiger partial charge >= 0.3 is 0 Å². The van der Waals surface area contributed by atoms with Gasteiger partial charge in [0.2, 0.25) is 11.8 Å². The van der Waals surface area contributed by atoms with Crippen LogP contribution >= 0.6 is 0 Å². The van der Waals surface area contributed by atoms with Gasteiger partial charge < -0.3 is 15.5 Å². The van der Waals surface area contributed by atoms with Crippen LogP contribution in [-0.2, 0) is 9.59 Å². The van der Waals surface area contributed by atoms with Crippen molar-refractivity contribution in [2.24, 2.45) is 17.6 Å². The van der Waals surface area contributed by atoms with Crippen LogP contribution in [-0.4, -0.2) is 54.8 Å². The summed E-state index contributed by atoms with van der Waals surface area (Å²) in [6.45, 7) is 3.33. The number of carbonyl (C=O) groups is 2. The van der Waals surface area contributed by atoms with Gasteiger partial charge in [-0.05, 0) is 39.3 Å².